The Kier molecular flexibility index (Phi) is 7.09. The first-order valence-corrected chi connectivity index (χ1v) is 10.2. The molecule has 0 saturated heterocycles. The second-order valence-electron chi connectivity index (χ2n) is 6.39. The van der Waals surface area contributed by atoms with Crippen molar-refractivity contribution in [3.63, 3.8) is 0 Å². The van der Waals surface area contributed by atoms with Crippen LogP contribution >= 0.6 is 11.3 Å². The molecule has 0 atom stereocenters. The minimum atomic E-state index is -4.48. The van der Waals surface area contributed by atoms with Crippen LogP contribution in [-0.4, -0.2) is 28.7 Å². The van der Waals surface area contributed by atoms with Gasteiger partial charge in [0.05, 0.1) is 25.0 Å². The number of methoxy groups -OCH3 is 1. The highest BCUT2D eigenvalue weighted by Crippen LogP contribution is 2.38. The van der Waals surface area contributed by atoms with Gasteiger partial charge in [-0.1, -0.05) is 19.8 Å². The van der Waals surface area contributed by atoms with E-state index in [0.29, 0.717) is 28.5 Å². The fourth-order valence-corrected chi connectivity index (χ4v) is 3.37. The molecular formula is C20H21F3N4O2S. The number of hydrogen-bond acceptors (Lipinski definition) is 7. The summed E-state index contributed by atoms with van der Waals surface area (Å²) in [5.41, 5.74) is 1.01. The number of nitrogens with zero attached hydrogens (tertiary/aromatic N) is 3. The van der Waals surface area contributed by atoms with E-state index in [2.05, 4.69) is 20.3 Å². The number of nitrogens with one attached hydrogen (secondary N) is 1. The Morgan fingerprint density at radius 1 is 1.13 bits per heavy atom. The largest absolute Gasteiger partial charge is 0.493 e. The molecule has 3 rings (SSSR count). The van der Waals surface area contributed by atoms with E-state index in [1.807, 2.05) is 6.92 Å². The van der Waals surface area contributed by atoms with Crippen molar-refractivity contribution < 1.29 is 22.6 Å². The first kappa shape index (κ1) is 21.8. The van der Waals surface area contributed by atoms with Gasteiger partial charge < -0.3 is 14.8 Å². The summed E-state index contributed by atoms with van der Waals surface area (Å²) in [5.74, 6) is -0.191. The molecule has 0 amide bonds. The van der Waals surface area contributed by atoms with Gasteiger partial charge in [-0.3, -0.25) is 0 Å². The molecule has 6 nitrogen and oxygen atoms in total. The molecule has 0 bridgehead atoms. The molecule has 0 aliphatic rings. The highest BCUT2D eigenvalue weighted by atomic mass is 32.1. The number of halogens is 3. The minimum absolute atomic E-state index is 0.191. The van der Waals surface area contributed by atoms with Crippen LogP contribution in [-0.2, 0) is 6.18 Å². The van der Waals surface area contributed by atoms with Crippen LogP contribution in [0.4, 0.5) is 24.0 Å². The monoisotopic (exact) mass is 438 g/mol. The molecular weight excluding hydrogens is 417 g/mol. The summed E-state index contributed by atoms with van der Waals surface area (Å²) in [7, 11) is 1.48. The Balaban J connectivity index is 1.76. The molecule has 0 unspecified atom stereocenters. The fraction of sp³-hybridized carbons (Fsp3) is 0.350. The molecule has 10 heteroatoms. The molecule has 0 radical (unpaired) electrons. The lowest BCUT2D eigenvalue weighted by atomic mass is 10.1. The van der Waals surface area contributed by atoms with E-state index in [9.17, 15) is 13.2 Å². The number of rotatable bonds is 9. The number of benzene rings is 1. The lowest BCUT2D eigenvalue weighted by Gasteiger charge is -2.15. The molecule has 0 spiro atoms. The zero-order valence-corrected chi connectivity index (χ0v) is 17.3. The smallest absolute Gasteiger partial charge is 0.419 e. The van der Waals surface area contributed by atoms with E-state index in [4.69, 9.17) is 9.47 Å². The molecule has 0 aliphatic heterocycles. The summed E-state index contributed by atoms with van der Waals surface area (Å²) in [6, 6.07) is 3.98. The second kappa shape index (κ2) is 9.75. The first-order chi connectivity index (χ1) is 14.4. The Bertz CT molecular complexity index is 961. The van der Waals surface area contributed by atoms with Crippen LogP contribution in [0, 0.1) is 0 Å². The van der Waals surface area contributed by atoms with E-state index >= 15 is 0 Å². The summed E-state index contributed by atoms with van der Waals surface area (Å²) in [6.07, 6.45) is 1.25. The van der Waals surface area contributed by atoms with Crippen molar-refractivity contribution in [2.75, 3.05) is 19.0 Å². The van der Waals surface area contributed by atoms with Crippen LogP contribution in [0.5, 0.6) is 11.8 Å². The maximum atomic E-state index is 13.3. The van der Waals surface area contributed by atoms with Crippen LogP contribution in [0.1, 0.15) is 31.7 Å². The maximum Gasteiger partial charge on any atom is 0.419 e. The number of unbranched alkanes of at least 4 members (excludes halogenated alkanes) is 2. The second-order valence-corrected chi connectivity index (χ2v) is 7.24. The van der Waals surface area contributed by atoms with Gasteiger partial charge in [-0.05, 0) is 18.6 Å². The summed E-state index contributed by atoms with van der Waals surface area (Å²) >= 11 is 1.32. The van der Waals surface area contributed by atoms with Crippen LogP contribution < -0.4 is 14.8 Å². The van der Waals surface area contributed by atoms with Gasteiger partial charge in [0.1, 0.15) is 5.75 Å². The van der Waals surface area contributed by atoms with E-state index in [1.54, 1.807) is 17.8 Å². The Morgan fingerprint density at radius 3 is 2.57 bits per heavy atom. The Hall–Kier alpha value is -2.88. The first-order valence-electron chi connectivity index (χ1n) is 9.33. The molecule has 0 fully saturated rings. The third-order valence-corrected chi connectivity index (χ3v) is 4.91. The van der Waals surface area contributed by atoms with Gasteiger partial charge >= 0.3 is 12.2 Å². The third kappa shape index (κ3) is 5.59. The number of aromatic nitrogens is 3. The third-order valence-electron chi connectivity index (χ3n) is 4.15. The molecule has 1 aromatic carbocycles. The van der Waals surface area contributed by atoms with Gasteiger partial charge in [0.2, 0.25) is 0 Å². The van der Waals surface area contributed by atoms with E-state index in [1.165, 1.54) is 30.6 Å². The number of thiazole rings is 1. The highest BCUT2D eigenvalue weighted by molar-refractivity contribution is 7.14. The van der Waals surface area contributed by atoms with Gasteiger partial charge in [0, 0.05) is 35.1 Å². The summed E-state index contributed by atoms with van der Waals surface area (Å²) in [6.45, 7) is 2.26. The van der Waals surface area contributed by atoms with Crippen LogP contribution in [0.3, 0.4) is 0 Å². The molecule has 3 aromatic rings. The van der Waals surface area contributed by atoms with Gasteiger partial charge in [-0.25, -0.2) is 15.0 Å². The Morgan fingerprint density at radius 2 is 1.90 bits per heavy atom. The van der Waals surface area contributed by atoms with Crippen LogP contribution in [0.2, 0.25) is 0 Å². The van der Waals surface area contributed by atoms with Crippen molar-refractivity contribution in [1.82, 2.24) is 15.0 Å². The molecule has 160 valence electrons. The van der Waals surface area contributed by atoms with Crippen molar-refractivity contribution in [1.29, 1.82) is 0 Å². The van der Waals surface area contributed by atoms with Gasteiger partial charge in [-0.15, -0.1) is 11.3 Å². The zero-order chi connectivity index (χ0) is 21.6. The predicted octanol–water partition coefficient (Wildman–Crippen LogP) is 5.94. The standard InChI is InChI=1S/C20H21F3N4O2S/c1-3-4-5-8-29-17-9-14(6-7-15(17)20(21,22)23)26-19-27-16(12-30-19)13-10-24-18(28-2)25-11-13/h6-7,9-12H,3-5,8H2,1-2H3,(H,26,27). The zero-order valence-electron chi connectivity index (χ0n) is 16.5. The molecule has 1 N–H and O–H groups in total. The Labute approximate surface area is 176 Å². The van der Waals surface area contributed by atoms with E-state index < -0.39 is 11.7 Å². The number of hydrogen-bond donors (Lipinski definition) is 1. The van der Waals surface area contributed by atoms with Crippen molar-refractivity contribution in [3.05, 3.63) is 41.5 Å². The molecule has 30 heavy (non-hydrogen) atoms. The van der Waals surface area contributed by atoms with Gasteiger partial charge in [0.25, 0.3) is 0 Å². The maximum absolute atomic E-state index is 13.3. The van der Waals surface area contributed by atoms with Gasteiger partial charge in [-0.2, -0.15) is 13.2 Å². The average Bonchev–Trinajstić information content (AvgIpc) is 3.19. The normalized spacial score (nSPS) is 11.4. The quantitative estimate of drug-likeness (QED) is 0.417. The van der Waals surface area contributed by atoms with E-state index in [-0.39, 0.29) is 18.4 Å². The van der Waals surface area contributed by atoms with Crippen molar-refractivity contribution in [2.45, 2.75) is 32.4 Å². The lowest BCUT2D eigenvalue weighted by molar-refractivity contribution is -0.138. The summed E-state index contributed by atoms with van der Waals surface area (Å²) < 4.78 is 50.3. The number of ether oxygens (including phenoxy) is 2. The SMILES string of the molecule is CCCCCOc1cc(Nc2nc(-c3cnc(OC)nc3)cs2)ccc1C(F)(F)F. The topological polar surface area (TPSA) is 69.2 Å². The number of anilines is 2. The number of alkyl halides is 3. The summed E-state index contributed by atoms with van der Waals surface area (Å²) in [4.78, 5) is 12.5. The molecule has 2 aromatic heterocycles. The van der Waals surface area contributed by atoms with Crippen LogP contribution in [0.15, 0.2) is 36.0 Å². The van der Waals surface area contributed by atoms with Crippen LogP contribution in [0.25, 0.3) is 11.3 Å². The summed E-state index contributed by atoms with van der Waals surface area (Å²) in [5, 5.41) is 5.36. The molecule has 0 saturated carbocycles. The average molecular weight is 438 g/mol. The highest BCUT2D eigenvalue weighted by Gasteiger charge is 2.34. The lowest BCUT2D eigenvalue weighted by Crippen LogP contribution is -2.10. The molecule has 2 heterocycles. The molecule has 0 aliphatic carbocycles. The van der Waals surface area contributed by atoms with Crippen molar-refractivity contribution >= 4 is 22.2 Å². The predicted molar refractivity (Wildman–Crippen MR) is 109 cm³/mol. The minimum Gasteiger partial charge on any atom is -0.493 e. The van der Waals surface area contributed by atoms with E-state index in [0.717, 1.165) is 18.9 Å². The van der Waals surface area contributed by atoms with Crippen molar-refractivity contribution in [2.24, 2.45) is 0 Å². The fourth-order valence-electron chi connectivity index (χ4n) is 2.63. The van der Waals surface area contributed by atoms with Crippen molar-refractivity contribution in [3.8, 4) is 23.0 Å². The van der Waals surface area contributed by atoms with Gasteiger partial charge in [0.15, 0.2) is 5.13 Å².